The second kappa shape index (κ2) is 7.86. The van der Waals surface area contributed by atoms with Crippen LogP contribution in [0.1, 0.15) is 37.1 Å². The lowest BCUT2D eigenvalue weighted by molar-refractivity contribution is -0.136. The second-order valence-corrected chi connectivity index (χ2v) is 6.95. The average Bonchev–Trinajstić information content (AvgIpc) is 3.05. The Balaban J connectivity index is 1.71. The van der Waals surface area contributed by atoms with Crippen LogP contribution in [-0.4, -0.2) is 51.8 Å². The number of amides is 1. The summed E-state index contributed by atoms with van der Waals surface area (Å²) in [5.74, 6) is 0.805. The Morgan fingerprint density at radius 1 is 1.35 bits per heavy atom. The molecule has 140 valence electrons. The first-order chi connectivity index (χ1) is 12.5. The number of ether oxygens (including phenoxy) is 1. The molecule has 0 bridgehead atoms. The van der Waals surface area contributed by atoms with Gasteiger partial charge in [0, 0.05) is 51.1 Å². The van der Waals surface area contributed by atoms with Gasteiger partial charge in [-0.25, -0.2) is 4.98 Å². The third-order valence-electron chi connectivity index (χ3n) is 5.07. The number of hydrogen-bond donors (Lipinski definition) is 1. The van der Waals surface area contributed by atoms with Gasteiger partial charge in [-0.2, -0.15) is 5.10 Å². The first-order valence-electron chi connectivity index (χ1n) is 8.98. The number of likely N-dealkylation sites (tertiary alicyclic amines) is 1. The monoisotopic (exact) mass is 357 g/mol. The van der Waals surface area contributed by atoms with Crippen LogP contribution in [0, 0.1) is 0 Å². The molecule has 1 unspecified atom stereocenters. The molecule has 0 spiro atoms. The molecule has 2 aromatic heterocycles. The lowest BCUT2D eigenvalue weighted by Gasteiger charge is -2.40. The van der Waals surface area contributed by atoms with Crippen molar-refractivity contribution in [2.75, 3.05) is 14.2 Å². The highest BCUT2D eigenvalue weighted by Crippen LogP contribution is 2.30. The van der Waals surface area contributed by atoms with E-state index in [2.05, 4.69) is 22.3 Å². The quantitative estimate of drug-likeness (QED) is 0.852. The molecule has 1 amide bonds. The number of nitrogens with one attached hydrogen (secondary N) is 1. The average molecular weight is 357 g/mol. The number of aromatic nitrogens is 3. The number of rotatable bonds is 6. The molecular formula is C19H27N5O2. The minimum Gasteiger partial charge on any atom is -0.481 e. The Labute approximate surface area is 154 Å². The highest BCUT2D eigenvalue weighted by Gasteiger charge is 2.36. The molecule has 1 aliphatic rings. The van der Waals surface area contributed by atoms with Gasteiger partial charge in [-0.3, -0.25) is 9.48 Å². The van der Waals surface area contributed by atoms with Crippen LogP contribution in [0.15, 0.2) is 30.6 Å². The molecule has 1 N–H and O–H groups in total. The Hall–Kier alpha value is -2.41. The fourth-order valence-electron chi connectivity index (χ4n) is 3.72. The van der Waals surface area contributed by atoms with Crippen molar-refractivity contribution in [2.45, 2.75) is 44.3 Å². The molecule has 0 aliphatic carbocycles. The Morgan fingerprint density at radius 2 is 2.15 bits per heavy atom. The van der Waals surface area contributed by atoms with Crippen molar-refractivity contribution >= 4 is 5.91 Å². The normalized spacial score (nSPS) is 21.7. The summed E-state index contributed by atoms with van der Waals surface area (Å²) in [6, 6.07) is 6.35. The first-order valence-corrected chi connectivity index (χ1v) is 8.98. The summed E-state index contributed by atoms with van der Waals surface area (Å²) in [6.07, 6.45) is 5.89. The van der Waals surface area contributed by atoms with Crippen LogP contribution in [0.2, 0.25) is 0 Å². The van der Waals surface area contributed by atoms with Crippen LogP contribution in [0.5, 0.6) is 5.88 Å². The van der Waals surface area contributed by atoms with Crippen molar-refractivity contribution in [2.24, 2.45) is 7.05 Å². The van der Waals surface area contributed by atoms with Crippen molar-refractivity contribution in [1.82, 2.24) is 25.0 Å². The molecule has 0 radical (unpaired) electrons. The van der Waals surface area contributed by atoms with Gasteiger partial charge in [-0.15, -0.1) is 0 Å². The molecule has 0 aromatic carbocycles. The van der Waals surface area contributed by atoms with Crippen LogP contribution in [0.25, 0.3) is 0 Å². The summed E-state index contributed by atoms with van der Waals surface area (Å²) in [5, 5.41) is 8.00. The highest BCUT2D eigenvalue weighted by molar-refractivity contribution is 5.77. The number of likely N-dealkylation sites (N-methyl/N-ethyl adjacent to an activating group) is 1. The molecule has 1 saturated heterocycles. The van der Waals surface area contributed by atoms with Crippen molar-refractivity contribution in [1.29, 1.82) is 0 Å². The van der Waals surface area contributed by atoms with Gasteiger partial charge in [0.1, 0.15) is 0 Å². The topological polar surface area (TPSA) is 72.3 Å². The van der Waals surface area contributed by atoms with Crippen LogP contribution in [0.4, 0.5) is 0 Å². The summed E-state index contributed by atoms with van der Waals surface area (Å²) in [5.41, 5.74) is 2.21. The maximum Gasteiger partial charge on any atom is 0.222 e. The smallest absolute Gasteiger partial charge is 0.222 e. The number of aryl methyl sites for hydroxylation is 1. The Bertz CT molecular complexity index is 743. The van der Waals surface area contributed by atoms with E-state index >= 15 is 0 Å². The summed E-state index contributed by atoms with van der Waals surface area (Å²) in [6.45, 7) is 2.17. The van der Waals surface area contributed by atoms with E-state index in [0.29, 0.717) is 12.3 Å². The predicted octanol–water partition coefficient (Wildman–Crippen LogP) is 1.71. The van der Waals surface area contributed by atoms with E-state index in [0.717, 1.165) is 24.1 Å². The van der Waals surface area contributed by atoms with Crippen molar-refractivity contribution in [3.05, 3.63) is 41.9 Å². The Kier molecular flexibility index (Phi) is 5.56. The lowest BCUT2D eigenvalue weighted by atomic mass is 9.92. The van der Waals surface area contributed by atoms with E-state index in [1.165, 1.54) is 0 Å². The third kappa shape index (κ3) is 3.88. The molecule has 3 atom stereocenters. The summed E-state index contributed by atoms with van der Waals surface area (Å²) < 4.78 is 6.97. The molecule has 0 saturated carbocycles. The second-order valence-electron chi connectivity index (χ2n) is 6.95. The van der Waals surface area contributed by atoms with Gasteiger partial charge in [-0.05, 0) is 31.4 Å². The number of carbonyl (C=O) groups is 1. The van der Waals surface area contributed by atoms with Crippen LogP contribution < -0.4 is 10.1 Å². The van der Waals surface area contributed by atoms with Gasteiger partial charge >= 0.3 is 0 Å². The summed E-state index contributed by atoms with van der Waals surface area (Å²) in [4.78, 5) is 18.4. The summed E-state index contributed by atoms with van der Waals surface area (Å²) >= 11 is 0. The van der Waals surface area contributed by atoms with E-state index in [4.69, 9.17) is 4.74 Å². The lowest BCUT2D eigenvalue weighted by Crippen LogP contribution is -2.52. The van der Waals surface area contributed by atoms with E-state index in [-0.39, 0.29) is 24.0 Å². The van der Waals surface area contributed by atoms with Gasteiger partial charge in [0.05, 0.1) is 18.8 Å². The van der Waals surface area contributed by atoms with Crippen LogP contribution in [0.3, 0.4) is 0 Å². The summed E-state index contributed by atoms with van der Waals surface area (Å²) in [7, 11) is 5.42. The SMILES string of the molecule is COc1ccc(CC(C)N[C@@H]2CCC(=O)N(C)[C@H]2c2ccnn2C)cn1. The third-order valence-corrected chi connectivity index (χ3v) is 5.07. The molecule has 26 heavy (non-hydrogen) atoms. The number of carbonyl (C=O) groups excluding carboxylic acids is 1. The van der Waals surface area contributed by atoms with Gasteiger partial charge < -0.3 is 15.0 Å². The van der Waals surface area contributed by atoms with Gasteiger partial charge in [0.15, 0.2) is 0 Å². The number of piperidine rings is 1. The van der Waals surface area contributed by atoms with E-state index in [1.807, 2.05) is 48.1 Å². The number of methoxy groups -OCH3 is 1. The van der Waals surface area contributed by atoms with Crippen LogP contribution >= 0.6 is 0 Å². The molecule has 1 aliphatic heterocycles. The van der Waals surface area contributed by atoms with Crippen LogP contribution in [-0.2, 0) is 18.3 Å². The Morgan fingerprint density at radius 3 is 2.77 bits per heavy atom. The van der Waals surface area contributed by atoms with E-state index in [9.17, 15) is 4.79 Å². The molecule has 3 rings (SSSR count). The number of pyridine rings is 1. The number of nitrogens with zero attached hydrogens (tertiary/aromatic N) is 4. The zero-order chi connectivity index (χ0) is 18.7. The highest BCUT2D eigenvalue weighted by atomic mass is 16.5. The molecular weight excluding hydrogens is 330 g/mol. The fourth-order valence-corrected chi connectivity index (χ4v) is 3.72. The number of hydrogen-bond acceptors (Lipinski definition) is 5. The molecule has 2 aromatic rings. The molecule has 3 heterocycles. The predicted molar refractivity (Wildman–Crippen MR) is 98.8 cm³/mol. The first kappa shape index (κ1) is 18.4. The molecule has 7 heteroatoms. The van der Waals surface area contributed by atoms with Crippen molar-refractivity contribution in [3.8, 4) is 5.88 Å². The van der Waals surface area contributed by atoms with Crippen molar-refractivity contribution in [3.63, 3.8) is 0 Å². The minimum atomic E-state index is -0.0137. The van der Waals surface area contributed by atoms with Gasteiger partial charge in [0.25, 0.3) is 0 Å². The fraction of sp³-hybridized carbons (Fsp3) is 0.526. The maximum absolute atomic E-state index is 12.2. The van der Waals surface area contributed by atoms with Crippen molar-refractivity contribution < 1.29 is 9.53 Å². The zero-order valence-corrected chi connectivity index (χ0v) is 15.8. The maximum atomic E-state index is 12.2. The van der Waals surface area contributed by atoms with Gasteiger partial charge in [0.2, 0.25) is 11.8 Å². The van der Waals surface area contributed by atoms with E-state index in [1.54, 1.807) is 13.3 Å². The standard InChI is InChI=1S/C19H27N5O2/c1-13(11-14-5-7-17(26-4)20-12-14)22-15-6-8-18(25)23(2)19(15)16-9-10-21-24(16)3/h5,7,9-10,12-13,15,19,22H,6,8,11H2,1-4H3/t13?,15-,19-/m1/s1. The minimum absolute atomic E-state index is 0.0137. The zero-order valence-electron chi connectivity index (χ0n) is 15.8. The molecule has 7 nitrogen and oxygen atoms in total. The van der Waals surface area contributed by atoms with Gasteiger partial charge in [-0.1, -0.05) is 6.07 Å². The van der Waals surface area contributed by atoms with E-state index < -0.39 is 0 Å². The largest absolute Gasteiger partial charge is 0.481 e. The molecule has 1 fully saturated rings.